The quantitative estimate of drug-likeness (QED) is 0.811. The SMILES string of the molecule is Cc1ccc(C(C)C)cc1CCNC(=O)CCO. The number of nitrogens with one attached hydrogen (secondary N) is 1. The van der Waals surface area contributed by atoms with Gasteiger partial charge in [-0.25, -0.2) is 0 Å². The summed E-state index contributed by atoms with van der Waals surface area (Å²) in [5.74, 6) is 0.434. The first kappa shape index (κ1) is 14.7. The predicted octanol–water partition coefficient (Wildman–Crippen LogP) is 2.16. The lowest BCUT2D eigenvalue weighted by atomic mass is 9.96. The van der Waals surface area contributed by atoms with Gasteiger partial charge in [-0.3, -0.25) is 4.79 Å². The summed E-state index contributed by atoms with van der Waals surface area (Å²) < 4.78 is 0. The largest absolute Gasteiger partial charge is 0.396 e. The lowest BCUT2D eigenvalue weighted by Crippen LogP contribution is -2.26. The zero-order valence-corrected chi connectivity index (χ0v) is 11.5. The van der Waals surface area contributed by atoms with Crippen LogP contribution in [0.2, 0.25) is 0 Å². The van der Waals surface area contributed by atoms with Gasteiger partial charge in [0.25, 0.3) is 0 Å². The summed E-state index contributed by atoms with van der Waals surface area (Å²) in [6.45, 7) is 6.98. The number of amides is 1. The van der Waals surface area contributed by atoms with Crippen LogP contribution in [-0.4, -0.2) is 24.2 Å². The van der Waals surface area contributed by atoms with Gasteiger partial charge >= 0.3 is 0 Å². The van der Waals surface area contributed by atoms with Crippen molar-refractivity contribution in [1.82, 2.24) is 5.32 Å². The minimum absolute atomic E-state index is 0.0878. The van der Waals surface area contributed by atoms with Gasteiger partial charge in [0, 0.05) is 13.0 Å². The molecule has 0 heterocycles. The minimum Gasteiger partial charge on any atom is -0.396 e. The molecule has 0 saturated heterocycles. The molecule has 0 atom stereocenters. The third-order valence-corrected chi connectivity index (χ3v) is 3.10. The number of aliphatic hydroxyl groups excluding tert-OH is 1. The Morgan fingerprint density at radius 1 is 1.39 bits per heavy atom. The highest BCUT2D eigenvalue weighted by molar-refractivity contribution is 5.75. The van der Waals surface area contributed by atoms with Crippen LogP contribution >= 0.6 is 0 Å². The third-order valence-electron chi connectivity index (χ3n) is 3.10. The summed E-state index contributed by atoms with van der Waals surface area (Å²) in [4.78, 5) is 11.2. The van der Waals surface area contributed by atoms with Gasteiger partial charge in [-0.1, -0.05) is 32.0 Å². The molecule has 18 heavy (non-hydrogen) atoms. The maximum absolute atomic E-state index is 11.2. The van der Waals surface area contributed by atoms with Crippen molar-refractivity contribution in [3.05, 3.63) is 34.9 Å². The molecule has 0 saturated carbocycles. The highest BCUT2D eigenvalue weighted by Crippen LogP contribution is 2.18. The summed E-state index contributed by atoms with van der Waals surface area (Å²) in [6.07, 6.45) is 1.02. The maximum atomic E-state index is 11.2. The first-order valence-electron chi connectivity index (χ1n) is 6.51. The Labute approximate surface area is 109 Å². The standard InChI is InChI=1S/C15H23NO2/c1-11(2)13-5-4-12(3)14(10-13)6-8-16-15(18)7-9-17/h4-5,10-11,17H,6-9H2,1-3H3,(H,16,18). The van der Waals surface area contributed by atoms with Crippen molar-refractivity contribution in [2.24, 2.45) is 0 Å². The molecular formula is C15H23NO2. The van der Waals surface area contributed by atoms with Crippen molar-refractivity contribution < 1.29 is 9.90 Å². The summed E-state index contributed by atoms with van der Waals surface area (Å²) in [7, 11) is 0. The molecule has 0 unspecified atom stereocenters. The van der Waals surface area contributed by atoms with E-state index in [-0.39, 0.29) is 18.9 Å². The van der Waals surface area contributed by atoms with Crippen molar-refractivity contribution in [2.75, 3.05) is 13.2 Å². The molecule has 0 aliphatic heterocycles. The molecule has 0 aromatic heterocycles. The highest BCUT2D eigenvalue weighted by Gasteiger charge is 2.05. The molecule has 1 rings (SSSR count). The number of aryl methyl sites for hydroxylation is 1. The zero-order valence-electron chi connectivity index (χ0n) is 11.5. The number of hydrogen-bond donors (Lipinski definition) is 2. The molecular weight excluding hydrogens is 226 g/mol. The first-order chi connectivity index (χ1) is 8.54. The molecule has 0 fully saturated rings. The van der Waals surface area contributed by atoms with E-state index in [1.807, 2.05) is 0 Å². The van der Waals surface area contributed by atoms with Gasteiger partial charge in [0.2, 0.25) is 5.91 Å². The Bertz CT molecular complexity index is 399. The van der Waals surface area contributed by atoms with Crippen molar-refractivity contribution in [1.29, 1.82) is 0 Å². The van der Waals surface area contributed by atoms with E-state index in [1.165, 1.54) is 16.7 Å². The molecule has 2 N–H and O–H groups in total. The van der Waals surface area contributed by atoms with Gasteiger partial charge in [-0.05, 0) is 36.0 Å². The van der Waals surface area contributed by atoms with Crippen LogP contribution in [0.15, 0.2) is 18.2 Å². The zero-order chi connectivity index (χ0) is 13.5. The molecule has 1 amide bonds. The minimum atomic E-state index is -0.0896. The van der Waals surface area contributed by atoms with Crippen molar-refractivity contribution in [3.63, 3.8) is 0 Å². The van der Waals surface area contributed by atoms with Gasteiger partial charge in [-0.15, -0.1) is 0 Å². The molecule has 3 heteroatoms. The van der Waals surface area contributed by atoms with Crippen LogP contribution in [-0.2, 0) is 11.2 Å². The molecule has 0 radical (unpaired) electrons. The molecule has 0 bridgehead atoms. The van der Waals surface area contributed by atoms with Crippen LogP contribution in [0.4, 0.5) is 0 Å². The fourth-order valence-electron chi connectivity index (χ4n) is 1.85. The van der Waals surface area contributed by atoms with E-state index in [9.17, 15) is 4.79 Å². The Kier molecular flexibility index (Phi) is 5.86. The van der Waals surface area contributed by atoms with Gasteiger partial charge in [0.15, 0.2) is 0 Å². The molecule has 0 aliphatic carbocycles. The second kappa shape index (κ2) is 7.17. The third kappa shape index (κ3) is 4.49. The number of benzene rings is 1. The average molecular weight is 249 g/mol. The van der Waals surface area contributed by atoms with Crippen LogP contribution in [0, 0.1) is 6.92 Å². The van der Waals surface area contributed by atoms with E-state index < -0.39 is 0 Å². The molecule has 0 aliphatic rings. The summed E-state index contributed by atoms with van der Waals surface area (Å²) in [6, 6.07) is 6.52. The van der Waals surface area contributed by atoms with Gasteiger partial charge < -0.3 is 10.4 Å². The van der Waals surface area contributed by atoms with Gasteiger partial charge in [-0.2, -0.15) is 0 Å². The van der Waals surface area contributed by atoms with Gasteiger partial charge in [0.05, 0.1) is 6.61 Å². The van der Waals surface area contributed by atoms with Crippen LogP contribution in [0.25, 0.3) is 0 Å². The van der Waals surface area contributed by atoms with E-state index in [0.717, 1.165) is 6.42 Å². The summed E-state index contributed by atoms with van der Waals surface area (Å²) >= 11 is 0. The van der Waals surface area contributed by atoms with Crippen LogP contribution in [0.5, 0.6) is 0 Å². The van der Waals surface area contributed by atoms with E-state index >= 15 is 0 Å². The molecule has 3 nitrogen and oxygen atoms in total. The monoisotopic (exact) mass is 249 g/mol. The van der Waals surface area contributed by atoms with Gasteiger partial charge in [0.1, 0.15) is 0 Å². The summed E-state index contributed by atoms with van der Waals surface area (Å²) in [5.41, 5.74) is 3.87. The smallest absolute Gasteiger partial charge is 0.222 e. The number of carbonyl (C=O) groups excluding carboxylic acids is 1. The number of rotatable bonds is 6. The number of hydrogen-bond acceptors (Lipinski definition) is 2. The molecule has 1 aromatic carbocycles. The van der Waals surface area contributed by atoms with E-state index in [0.29, 0.717) is 12.5 Å². The van der Waals surface area contributed by atoms with Crippen molar-refractivity contribution >= 4 is 5.91 Å². The Hall–Kier alpha value is -1.35. The second-order valence-electron chi connectivity index (χ2n) is 4.91. The van der Waals surface area contributed by atoms with E-state index in [4.69, 9.17) is 5.11 Å². The molecule has 100 valence electrons. The number of aliphatic hydroxyl groups is 1. The average Bonchev–Trinajstić information content (AvgIpc) is 2.31. The topological polar surface area (TPSA) is 49.3 Å². The lowest BCUT2D eigenvalue weighted by molar-refractivity contribution is -0.121. The first-order valence-corrected chi connectivity index (χ1v) is 6.51. The highest BCUT2D eigenvalue weighted by atomic mass is 16.3. The van der Waals surface area contributed by atoms with Crippen molar-refractivity contribution in [3.8, 4) is 0 Å². The van der Waals surface area contributed by atoms with Crippen molar-refractivity contribution in [2.45, 2.75) is 39.5 Å². The van der Waals surface area contributed by atoms with Crippen LogP contribution in [0.3, 0.4) is 0 Å². The fourth-order valence-corrected chi connectivity index (χ4v) is 1.85. The lowest BCUT2D eigenvalue weighted by Gasteiger charge is -2.11. The maximum Gasteiger partial charge on any atom is 0.222 e. The fraction of sp³-hybridized carbons (Fsp3) is 0.533. The normalized spacial score (nSPS) is 10.7. The Morgan fingerprint density at radius 3 is 2.72 bits per heavy atom. The second-order valence-corrected chi connectivity index (χ2v) is 4.91. The van der Waals surface area contributed by atoms with E-state index in [1.54, 1.807) is 0 Å². The molecule has 0 spiro atoms. The summed E-state index contributed by atoms with van der Waals surface area (Å²) in [5, 5.41) is 11.4. The van der Waals surface area contributed by atoms with Crippen LogP contribution in [0.1, 0.15) is 42.9 Å². The Balaban J connectivity index is 2.56. The van der Waals surface area contributed by atoms with E-state index in [2.05, 4.69) is 44.3 Å². The molecule has 1 aromatic rings. The predicted molar refractivity (Wildman–Crippen MR) is 73.7 cm³/mol. The Morgan fingerprint density at radius 2 is 2.11 bits per heavy atom. The van der Waals surface area contributed by atoms with Crippen LogP contribution < -0.4 is 5.32 Å². The number of carbonyl (C=O) groups is 1.